The van der Waals surface area contributed by atoms with Gasteiger partial charge in [0.25, 0.3) is 11.6 Å². The minimum atomic E-state index is -0.492. The Morgan fingerprint density at radius 3 is 2.48 bits per heavy atom. The van der Waals surface area contributed by atoms with Crippen molar-refractivity contribution in [2.24, 2.45) is 0 Å². The molecule has 0 aliphatic carbocycles. The van der Waals surface area contributed by atoms with E-state index in [2.05, 4.69) is 26.6 Å². The van der Waals surface area contributed by atoms with Crippen LogP contribution in [-0.2, 0) is 0 Å². The van der Waals surface area contributed by atoms with Gasteiger partial charge in [-0.3, -0.25) is 14.9 Å². The molecule has 0 spiro atoms. The van der Waals surface area contributed by atoms with Crippen molar-refractivity contribution in [3.8, 4) is 0 Å². The molecule has 0 heterocycles. The fraction of sp³-hybridized carbons (Fsp3) is 0.235. The lowest BCUT2D eigenvalue weighted by Gasteiger charge is -2.12. The van der Waals surface area contributed by atoms with E-state index in [9.17, 15) is 14.9 Å². The van der Waals surface area contributed by atoms with Gasteiger partial charge in [0.2, 0.25) is 0 Å². The van der Waals surface area contributed by atoms with Crippen LogP contribution in [0, 0.1) is 10.1 Å². The molecular weight excluding hydrogens is 388 g/mol. The maximum absolute atomic E-state index is 12.3. The molecule has 25 heavy (non-hydrogen) atoms. The zero-order valence-electron chi connectivity index (χ0n) is 14.0. The van der Waals surface area contributed by atoms with E-state index >= 15 is 0 Å². The van der Waals surface area contributed by atoms with Crippen LogP contribution in [0.15, 0.2) is 46.9 Å². The Morgan fingerprint density at radius 1 is 1.20 bits per heavy atom. The normalized spacial score (nSPS) is 10.6. The highest BCUT2D eigenvalue weighted by Gasteiger charge is 2.17. The van der Waals surface area contributed by atoms with Crippen LogP contribution in [0.2, 0.25) is 0 Å². The Labute approximate surface area is 154 Å². The Morgan fingerprint density at radius 2 is 1.88 bits per heavy atom. The summed E-state index contributed by atoms with van der Waals surface area (Å²) in [4.78, 5) is 25.1. The number of nitrogens with zero attached hydrogens (tertiary/aromatic N) is 2. The third-order valence-electron chi connectivity index (χ3n) is 3.43. The molecule has 2 aromatic carbocycles. The molecule has 0 unspecified atom stereocenters. The number of nitrogens with one attached hydrogen (secondary N) is 2. The maximum Gasteiger partial charge on any atom is 0.293 e. The van der Waals surface area contributed by atoms with Crippen molar-refractivity contribution < 1.29 is 9.72 Å². The number of carbonyl (C=O) groups is 1. The summed E-state index contributed by atoms with van der Waals surface area (Å²) in [7, 11) is 3.84. The van der Waals surface area contributed by atoms with Crippen molar-refractivity contribution in [3.05, 3.63) is 62.6 Å². The number of benzene rings is 2. The number of rotatable bonds is 7. The SMILES string of the molecule is CN(C)CCNc1ccc(C(=O)Nc2ccc(Br)cc2)cc1[N+](=O)[O-]. The summed E-state index contributed by atoms with van der Waals surface area (Å²) in [6.45, 7) is 1.31. The second kappa shape index (κ2) is 8.59. The standard InChI is InChI=1S/C17H19BrN4O3/c1-21(2)10-9-19-15-8-3-12(11-16(15)22(24)25)17(23)20-14-6-4-13(18)5-7-14/h3-8,11,19H,9-10H2,1-2H3,(H,20,23). The number of likely N-dealkylation sites (N-methyl/N-ethyl adjacent to an activating group) is 1. The van der Waals surface area contributed by atoms with E-state index in [1.165, 1.54) is 6.07 Å². The molecule has 0 saturated carbocycles. The lowest BCUT2D eigenvalue weighted by atomic mass is 10.1. The van der Waals surface area contributed by atoms with Crippen LogP contribution in [-0.4, -0.2) is 42.9 Å². The van der Waals surface area contributed by atoms with Crippen LogP contribution >= 0.6 is 15.9 Å². The molecular formula is C17H19BrN4O3. The highest BCUT2D eigenvalue weighted by atomic mass is 79.9. The minimum absolute atomic E-state index is 0.123. The van der Waals surface area contributed by atoms with Gasteiger partial charge in [0, 0.05) is 34.9 Å². The number of nitro groups is 1. The summed E-state index contributed by atoms with van der Waals surface area (Å²) >= 11 is 3.32. The van der Waals surface area contributed by atoms with Crippen LogP contribution in [0.5, 0.6) is 0 Å². The summed E-state index contributed by atoms with van der Waals surface area (Å²) in [6.07, 6.45) is 0. The lowest BCUT2D eigenvalue weighted by molar-refractivity contribution is -0.384. The van der Waals surface area contributed by atoms with E-state index in [0.717, 1.165) is 11.0 Å². The fourth-order valence-corrected chi connectivity index (χ4v) is 2.39. The number of amides is 1. The van der Waals surface area contributed by atoms with Crippen molar-refractivity contribution in [3.63, 3.8) is 0 Å². The van der Waals surface area contributed by atoms with Gasteiger partial charge in [0.15, 0.2) is 0 Å². The number of carbonyl (C=O) groups excluding carboxylic acids is 1. The summed E-state index contributed by atoms with van der Waals surface area (Å²) < 4.78 is 0.897. The van der Waals surface area contributed by atoms with E-state index in [0.29, 0.717) is 17.9 Å². The maximum atomic E-state index is 12.3. The van der Waals surface area contributed by atoms with Crippen molar-refractivity contribution in [1.29, 1.82) is 0 Å². The van der Waals surface area contributed by atoms with E-state index < -0.39 is 10.8 Å². The molecule has 8 heteroatoms. The van der Waals surface area contributed by atoms with Gasteiger partial charge in [0.1, 0.15) is 5.69 Å². The van der Waals surface area contributed by atoms with Crippen LogP contribution < -0.4 is 10.6 Å². The third kappa shape index (κ3) is 5.54. The molecule has 0 saturated heterocycles. The second-order valence-electron chi connectivity index (χ2n) is 5.68. The molecule has 7 nitrogen and oxygen atoms in total. The number of hydrogen-bond donors (Lipinski definition) is 2. The molecule has 2 rings (SSSR count). The molecule has 132 valence electrons. The number of anilines is 2. The fourth-order valence-electron chi connectivity index (χ4n) is 2.12. The lowest BCUT2D eigenvalue weighted by Crippen LogP contribution is -2.21. The van der Waals surface area contributed by atoms with Crippen molar-refractivity contribution in [1.82, 2.24) is 4.90 Å². The Bertz CT molecular complexity index is 763. The zero-order valence-corrected chi connectivity index (χ0v) is 15.5. The van der Waals surface area contributed by atoms with Crippen LogP contribution in [0.1, 0.15) is 10.4 Å². The second-order valence-corrected chi connectivity index (χ2v) is 6.60. The number of hydrogen-bond acceptors (Lipinski definition) is 5. The van der Waals surface area contributed by atoms with Gasteiger partial charge in [-0.25, -0.2) is 0 Å². The quantitative estimate of drug-likeness (QED) is 0.541. The summed E-state index contributed by atoms with van der Waals surface area (Å²) in [5.41, 5.74) is 1.12. The molecule has 0 aromatic heterocycles. The van der Waals surface area contributed by atoms with Crippen LogP contribution in [0.3, 0.4) is 0 Å². The monoisotopic (exact) mass is 406 g/mol. The molecule has 0 atom stereocenters. The van der Waals surface area contributed by atoms with Gasteiger partial charge >= 0.3 is 0 Å². The highest BCUT2D eigenvalue weighted by Crippen LogP contribution is 2.26. The van der Waals surface area contributed by atoms with E-state index in [-0.39, 0.29) is 11.3 Å². The van der Waals surface area contributed by atoms with E-state index in [1.54, 1.807) is 36.4 Å². The predicted molar refractivity (Wildman–Crippen MR) is 102 cm³/mol. The summed E-state index contributed by atoms with van der Waals surface area (Å²) in [5, 5.41) is 17.1. The smallest absolute Gasteiger partial charge is 0.293 e. The first kappa shape index (κ1) is 18.9. The van der Waals surface area contributed by atoms with E-state index in [1.807, 2.05) is 19.0 Å². The third-order valence-corrected chi connectivity index (χ3v) is 3.96. The molecule has 0 aliphatic heterocycles. The molecule has 1 amide bonds. The number of nitro benzene ring substituents is 1. The number of halogens is 1. The van der Waals surface area contributed by atoms with Gasteiger partial charge in [-0.1, -0.05) is 15.9 Å². The highest BCUT2D eigenvalue weighted by molar-refractivity contribution is 9.10. The largest absolute Gasteiger partial charge is 0.378 e. The first-order chi connectivity index (χ1) is 11.9. The van der Waals surface area contributed by atoms with Crippen molar-refractivity contribution >= 4 is 38.9 Å². The van der Waals surface area contributed by atoms with Gasteiger partial charge in [-0.15, -0.1) is 0 Å². The molecule has 0 fully saturated rings. The van der Waals surface area contributed by atoms with Crippen LogP contribution in [0.25, 0.3) is 0 Å². The first-order valence-electron chi connectivity index (χ1n) is 7.61. The predicted octanol–water partition coefficient (Wildman–Crippen LogP) is 3.58. The van der Waals surface area contributed by atoms with E-state index in [4.69, 9.17) is 0 Å². The average Bonchev–Trinajstić information content (AvgIpc) is 2.56. The average molecular weight is 407 g/mol. The van der Waals surface area contributed by atoms with Gasteiger partial charge < -0.3 is 15.5 Å². The van der Waals surface area contributed by atoms with Gasteiger partial charge in [0.05, 0.1) is 4.92 Å². The minimum Gasteiger partial charge on any atom is -0.378 e. The zero-order chi connectivity index (χ0) is 18.4. The van der Waals surface area contributed by atoms with Crippen molar-refractivity contribution in [2.75, 3.05) is 37.8 Å². The van der Waals surface area contributed by atoms with Crippen molar-refractivity contribution in [2.45, 2.75) is 0 Å². The Balaban J connectivity index is 2.15. The molecule has 2 aromatic rings. The summed E-state index contributed by atoms with van der Waals surface area (Å²) in [6, 6.07) is 11.5. The first-order valence-corrected chi connectivity index (χ1v) is 8.40. The van der Waals surface area contributed by atoms with Gasteiger partial charge in [-0.2, -0.15) is 0 Å². The molecule has 0 aliphatic rings. The Hall–Kier alpha value is -2.45. The molecule has 0 radical (unpaired) electrons. The topological polar surface area (TPSA) is 87.5 Å². The van der Waals surface area contributed by atoms with Gasteiger partial charge in [-0.05, 0) is 50.5 Å². The molecule has 2 N–H and O–H groups in total. The summed E-state index contributed by atoms with van der Waals surface area (Å²) in [5.74, 6) is -0.398. The molecule has 0 bridgehead atoms. The Kier molecular flexibility index (Phi) is 6.49. The van der Waals surface area contributed by atoms with Crippen LogP contribution in [0.4, 0.5) is 17.1 Å².